The molecule has 2 rings (SSSR count). The molecule has 6 heteroatoms. The Morgan fingerprint density at radius 2 is 2.12 bits per heavy atom. The number of hydrogen-bond donors (Lipinski definition) is 1. The van der Waals surface area contributed by atoms with Crippen LogP contribution in [-0.2, 0) is 14.3 Å². The molecule has 1 aromatic carbocycles. The number of amides is 1. The Labute approximate surface area is 148 Å². The number of unbranched alkanes of at least 4 members (excludes halogenated alkanes) is 1. The van der Waals surface area contributed by atoms with Crippen molar-refractivity contribution in [2.45, 2.75) is 45.6 Å². The minimum atomic E-state index is -0.900. The fourth-order valence-corrected chi connectivity index (χ4v) is 2.85. The highest BCUT2D eigenvalue weighted by Crippen LogP contribution is 2.19. The van der Waals surface area contributed by atoms with Gasteiger partial charge in [-0.2, -0.15) is 0 Å². The number of aryl methyl sites for hydroxylation is 2. The summed E-state index contributed by atoms with van der Waals surface area (Å²) in [4.78, 5) is 24.7. The zero-order valence-electron chi connectivity index (χ0n) is 15.0. The van der Waals surface area contributed by atoms with Crippen molar-refractivity contribution < 1.29 is 24.2 Å². The molecule has 0 aromatic heterocycles. The summed E-state index contributed by atoms with van der Waals surface area (Å²) >= 11 is 0. The van der Waals surface area contributed by atoms with Gasteiger partial charge in [0.2, 0.25) is 5.91 Å². The lowest BCUT2D eigenvalue weighted by molar-refractivity contribution is -0.147. The Bertz CT molecular complexity index is 601. The van der Waals surface area contributed by atoms with Crippen LogP contribution in [0.1, 0.15) is 36.8 Å². The van der Waals surface area contributed by atoms with Crippen LogP contribution in [0.4, 0.5) is 0 Å². The molecule has 1 amide bonds. The fourth-order valence-electron chi connectivity index (χ4n) is 2.85. The molecule has 0 radical (unpaired) electrons. The molecule has 1 atom stereocenters. The smallest absolute Gasteiger partial charge is 0.306 e. The fraction of sp³-hybridized carbons (Fsp3) is 0.579. The number of carbonyl (C=O) groups excluding carboxylic acids is 1. The van der Waals surface area contributed by atoms with Crippen LogP contribution >= 0.6 is 0 Å². The van der Waals surface area contributed by atoms with Crippen molar-refractivity contribution in [1.29, 1.82) is 0 Å². The van der Waals surface area contributed by atoms with E-state index in [0.717, 1.165) is 24.2 Å². The second-order valence-corrected chi connectivity index (χ2v) is 6.50. The van der Waals surface area contributed by atoms with Gasteiger partial charge in [0, 0.05) is 19.5 Å². The minimum Gasteiger partial charge on any atom is -0.493 e. The second-order valence-electron chi connectivity index (χ2n) is 6.50. The summed E-state index contributed by atoms with van der Waals surface area (Å²) in [6, 6.07) is 6.12. The average Bonchev–Trinajstić information content (AvgIpc) is 2.57. The van der Waals surface area contributed by atoms with E-state index in [9.17, 15) is 9.59 Å². The summed E-state index contributed by atoms with van der Waals surface area (Å²) in [6.07, 6.45) is 1.55. The van der Waals surface area contributed by atoms with Crippen molar-refractivity contribution in [3.63, 3.8) is 0 Å². The number of carbonyl (C=O) groups is 2. The number of nitrogens with zero attached hydrogens (tertiary/aromatic N) is 1. The van der Waals surface area contributed by atoms with Crippen LogP contribution in [0.3, 0.4) is 0 Å². The summed E-state index contributed by atoms with van der Waals surface area (Å²) < 4.78 is 11.2. The van der Waals surface area contributed by atoms with E-state index >= 15 is 0 Å². The summed E-state index contributed by atoms with van der Waals surface area (Å²) in [7, 11) is 0. The zero-order valence-corrected chi connectivity index (χ0v) is 15.0. The van der Waals surface area contributed by atoms with E-state index < -0.39 is 12.1 Å². The molecule has 1 aliphatic heterocycles. The molecule has 1 aliphatic rings. The number of morpholine rings is 1. The van der Waals surface area contributed by atoms with E-state index in [2.05, 4.69) is 6.07 Å². The lowest BCUT2D eigenvalue weighted by Gasteiger charge is -2.32. The molecule has 1 N–H and O–H groups in total. The lowest BCUT2D eigenvalue weighted by atomic mass is 10.1. The summed E-state index contributed by atoms with van der Waals surface area (Å²) in [6.45, 7) is 5.94. The molecule has 25 heavy (non-hydrogen) atoms. The molecule has 1 fully saturated rings. The molecular weight excluding hydrogens is 322 g/mol. The third-order valence-electron chi connectivity index (χ3n) is 4.28. The van der Waals surface area contributed by atoms with Gasteiger partial charge >= 0.3 is 5.97 Å². The van der Waals surface area contributed by atoms with Gasteiger partial charge in [-0.3, -0.25) is 9.59 Å². The van der Waals surface area contributed by atoms with Crippen LogP contribution in [0.5, 0.6) is 5.75 Å². The maximum absolute atomic E-state index is 12.2. The van der Waals surface area contributed by atoms with Gasteiger partial charge in [-0.15, -0.1) is 0 Å². The SMILES string of the molecule is Cc1ccc(C)c(OCCCCC(=O)N2CCOC(CC(=O)O)C2)c1. The van der Waals surface area contributed by atoms with E-state index in [1.807, 2.05) is 26.0 Å². The van der Waals surface area contributed by atoms with E-state index in [1.165, 1.54) is 5.56 Å². The predicted molar refractivity (Wildman–Crippen MR) is 93.8 cm³/mol. The van der Waals surface area contributed by atoms with Gasteiger partial charge in [-0.1, -0.05) is 12.1 Å². The van der Waals surface area contributed by atoms with Gasteiger partial charge in [0.15, 0.2) is 0 Å². The molecule has 0 spiro atoms. The molecule has 1 aromatic rings. The monoisotopic (exact) mass is 349 g/mol. The van der Waals surface area contributed by atoms with Gasteiger partial charge in [0.25, 0.3) is 0 Å². The van der Waals surface area contributed by atoms with Crippen LogP contribution in [0.15, 0.2) is 18.2 Å². The van der Waals surface area contributed by atoms with E-state index in [4.69, 9.17) is 14.6 Å². The van der Waals surface area contributed by atoms with E-state index in [1.54, 1.807) is 4.90 Å². The number of rotatable bonds is 8. The number of ether oxygens (including phenoxy) is 2. The first-order valence-electron chi connectivity index (χ1n) is 8.77. The molecule has 6 nitrogen and oxygen atoms in total. The van der Waals surface area contributed by atoms with Gasteiger partial charge < -0.3 is 19.5 Å². The Morgan fingerprint density at radius 3 is 2.88 bits per heavy atom. The van der Waals surface area contributed by atoms with Crippen LogP contribution in [0.2, 0.25) is 0 Å². The van der Waals surface area contributed by atoms with Gasteiger partial charge in [0.05, 0.1) is 25.7 Å². The molecule has 138 valence electrons. The van der Waals surface area contributed by atoms with Crippen molar-refractivity contribution in [3.05, 3.63) is 29.3 Å². The standard InChI is InChI=1S/C19H27NO5/c1-14-6-7-15(2)17(11-14)25-9-4-3-5-18(21)20-8-10-24-16(13-20)12-19(22)23/h6-7,11,16H,3-5,8-10,12-13H2,1-2H3,(H,22,23). The Kier molecular flexibility index (Phi) is 7.25. The molecule has 1 saturated heterocycles. The first kappa shape index (κ1) is 19.2. The Balaban J connectivity index is 1.66. The van der Waals surface area contributed by atoms with Gasteiger partial charge in [-0.05, 0) is 43.9 Å². The second kappa shape index (κ2) is 9.42. The first-order valence-corrected chi connectivity index (χ1v) is 8.77. The maximum Gasteiger partial charge on any atom is 0.306 e. The topological polar surface area (TPSA) is 76.1 Å². The number of benzene rings is 1. The molecule has 0 saturated carbocycles. The number of carboxylic acids is 1. The quantitative estimate of drug-likeness (QED) is 0.730. The van der Waals surface area contributed by atoms with E-state index in [-0.39, 0.29) is 12.3 Å². The highest BCUT2D eigenvalue weighted by atomic mass is 16.5. The number of carboxylic acid groups (broad SMARTS) is 1. The van der Waals surface area contributed by atoms with Gasteiger partial charge in [-0.25, -0.2) is 0 Å². The number of hydrogen-bond acceptors (Lipinski definition) is 4. The van der Waals surface area contributed by atoms with E-state index in [0.29, 0.717) is 32.7 Å². The Morgan fingerprint density at radius 1 is 1.32 bits per heavy atom. The highest BCUT2D eigenvalue weighted by molar-refractivity contribution is 5.76. The molecule has 1 unspecified atom stereocenters. The van der Waals surface area contributed by atoms with Crippen LogP contribution in [0.25, 0.3) is 0 Å². The summed E-state index contributed by atoms with van der Waals surface area (Å²) in [5.74, 6) is 0.0596. The molecule has 0 aliphatic carbocycles. The van der Waals surface area contributed by atoms with Crippen molar-refractivity contribution in [2.24, 2.45) is 0 Å². The largest absolute Gasteiger partial charge is 0.493 e. The highest BCUT2D eigenvalue weighted by Gasteiger charge is 2.25. The van der Waals surface area contributed by atoms with Crippen LogP contribution < -0.4 is 4.74 Å². The van der Waals surface area contributed by atoms with Crippen molar-refractivity contribution >= 4 is 11.9 Å². The zero-order chi connectivity index (χ0) is 18.2. The summed E-state index contributed by atoms with van der Waals surface area (Å²) in [5, 5.41) is 8.82. The predicted octanol–water partition coefficient (Wildman–Crippen LogP) is 2.55. The first-order chi connectivity index (χ1) is 12.0. The average molecular weight is 349 g/mol. The Hall–Kier alpha value is -2.08. The molecular formula is C19H27NO5. The van der Waals surface area contributed by atoms with Crippen molar-refractivity contribution in [2.75, 3.05) is 26.3 Å². The third kappa shape index (κ3) is 6.38. The van der Waals surface area contributed by atoms with Crippen LogP contribution in [-0.4, -0.2) is 54.3 Å². The molecule has 0 bridgehead atoms. The summed E-state index contributed by atoms with van der Waals surface area (Å²) in [5.41, 5.74) is 2.28. The molecule has 1 heterocycles. The van der Waals surface area contributed by atoms with Crippen molar-refractivity contribution in [1.82, 2.24) is 4.90 Å². The maximum atomic E-state index is 12.2. The normalized spacial score (nSPS) is 17.4. The van der Waals surface area contributed by atoms with Crippen molar-refractivity contribution in [3.8, 4) is 5.75 Å². The van der Waals surface area contributed by atoms with Crippen LogP contribution in [0, 0.1) is 13.8 Å². The minimum absolute atomic E-state index is 0.0606. The third-order valence-corrected chi connectivity index (χ3v) is 4.28. The lowest BCUT2D eigenvalue weighted by Crippen LogP contribution is -2.46. The number of aliphatic carboxylic acids is 1. The van der Waals surface area contributed by atoms with Gasteiger partial charge in [0.1, 0.15) is 5.75 Å².